The number of nitrogens with zero attached hydrogens (tertiary/aromatic N) is 1. The van der Waals surface area contributed by atoms with E-state index in [2.05, 4.69) is 36.9 Å². The summed E-state index contributed by atoms with van der Waals surface area (Å²) in [5.41, 5.74) is 9.87. The van der Waals surface area contributed by atoms with Crippen molar-refractivity contribution in [2.45, 2.75) is 32.7 Å². The van der Waals surface area contributed by atoms with Crippen molar-refractivity contribution in [2.75, 3.05) is 18.0 Å². The van der Waals surface area contributed by atoms with Gasteiger partial charge in [-0.05, 0) is 50.4 Å². The third kappa shape index (κ3) is 2.00. The molecule has 1 aliphatic rings. The van der Waals surface area contributed by atoms with E-state index in [4.69, 9.17) is 5.73 Å². The lowest BCUT2D eigenvalue weighted by Gasteiger charge is -2.24. The predicted octanol–water partition coefficient (Wildman–Crippen LogP) is 1.96. The van der Waals surface area contributed by atoms with Crippen LogP contribution >= 0.6 is 0 Å². The molecule has 2 heteroatoms. The van der Waals surface area contributed by atoms with Crippen molar-refractivity contribution in [1.29, 1.82) is 0 Å². The van der Waals surface area contributed by atoms with E-state index >= 15 is 0 Å². The van der Waals surface area contributed by atoms with Gasteiger partial charge in [-0.25, -0.2) is 0 Å². The van der Waals surface area contributed by atoms with Crippen molar-refractivity contribution in [2.24, 2.45) is 5.73 Å². The van der Waals surface area contributed by atoms with Crippen molar-refractivity contribution < 1.29 is 0 Å². The lowest BCUT2D eigenvalue weighted by atomic mass is 10.1. The average Bonchev–Trinajstić information content (AvgIpc) is 2.61. The molecule has 0 fully saturated rings. The standard InChI is InChI=1S/C13H20N2/c1-10(2)15-8-6-12-4-3-11(5-7-14)9-13(12)15/h3-4,9-10H,5-8,14H2,1-2H3. The molecule has 1 aromatic rings. The smallest absolute Gasteiger partial charge is 0.0404 e. The van der Waals surface area contributed by atoms with E-state index in [9.17, 15) is 0 Å². The van der Waals surface area contributed by atoms with Gasteiger partial charge in [0.1, 0.15) is 0 Å². The highest BCUT2D eigenvalue weighted by Gasteiger charge is 2.20. The molecule has 0 atom stereocenters. The fourth-order valence-electron chi connectivity index (χ4n) is 2.31. The van der Waals surface area contributed by atoms with Gasteiger partial charge in [-0.3, -0.25) is 0 Å². The van der Waals surface area contributed by atoms with Crippen LogP contribution in [0.3, 0.4) is 0 Å². The van der Waals surface area contributed by atoms with E-state index in [1.165, 1.54) is 29.8 Å². The van der Waals surface area contributed by atoms with Crippen LogP contribution in [-0.2, 0) is 12.8 Å². The van der Waals surface area contributed by atoms with Crippen LogP contribution in [0.4, 0.5) is 5.69 Å². The van der Waals surface area contributed by atoms with Crippen molar-refractivity contribution in [1.82, 2.24) is 0 Å². The van der Waals surface area contributed by atoms with Gasteiger partial charge in [-0.15, -0.1) is 0 Å². The first-order valence-corrected chi connectivity index (χ1v) is 5.81. The third-order valence-electron chi connectivity index (χ3n) is 3.14. The summed E-state index contributed by atoms with van der Waals surface area (Å²) >= 11 is 0. The molecular formula is C13H20N2. The Kier molecular flexibility index (Phi) is 2.96. The summed E-state index contributed by atoms with van der Waals surface area (Å²) in [7, 11) is 0. The Morgan fingerprint density at radius 2 is 2.20 bits per heavy atom. The Labute approximate surface area is 92.1 Å². The molecule has 1 heterocycles. The van der Waals surface area contributed by atoms with Crippen LogP contribution in [0.15, 0.2) is 18.2 Å². The Morgan fingerprint density at radius 1 is 1.40 bits per heavy atom. The van der Waals surface area contributed by atoms with E-state index in [-0.39, 0.29) is 0 Å². The van der Waals surface area contributed by atoms with Crippen LogP contribution < -0.4 is 10.6 Å². The molecule has 82 valence electrons. The third-order valence-corrected chi connectivity index (χ3v) is 3.14. The molecule has 1 aromatic carbocycles. The molecule has 1 aliphatic heterocycles. The molecular weight excluding hydrogens is 184 g/mol. The maximum atomic E-state index is 5.59. The molecule has 0 amide bonds. The molecule has 0 saturated heterocycles. The number of anilines is 1. The lowest BCUT2D eigenvalue weighted by Crippen LogP contribution is -2.28. The molecule has 2 N–H and O–H groups in total. The fraction of sp³-hybridized carbons (Fsp3) is 0.538. The highest BCUT2D eigenvalue weighted by Crippen LogP contribution is 2.30. The Balaban J connectivity index is 2.29. The Morgan fingerprint density at radius 3 is 2.87 bits per heavy atom. The summed E-state index contributed by atoms with van der Waals surface area (Å²) in [4.78, 5) is 2.48. The van der Waals surface area contributed by atoms with Gasteiger partial charge in [0.25, 0.3) is 0 Å². The second-order valence-corrected chi connectivity index (χ2v) is 4.54. The van der Waals surface area contributed by atoms with Crippen molar-refractivity contribution in [3.05, 3.63) is 29.3 Å². The summed E-state index contributed by atoms with van der Waals surface area (Å²) in [6.07, 6.45) is 2.18. The molecule has 0 saturated carbocycles. The van der Waals surface area contributed by atoms with Gasteiger partial charge in [0.2, 0.25) is 0 Å². The zero-order chi connectivity index (χ0) is 10.8. The van der Waals surface area contributed by atoms with Crippen LogP contribution in [0.25, 0.3) is 0 Å². The minimum absolute atomic E-state index is 0.597. The minimum atomic E-state index is 0.597. The summed E-state index contributed by atoms with van der Waals surface area (Å²) in [5, 5.41) is 0. The zero-order valence-corrected chi connectivity index (χ0v) is 9.66. The van der Waals surface area contributed by atoms with Crippen molar-refractivity contribution in [3.63, 3.8) is 0 Å². The van der Waals surface area contributed by atoms with Crippen molar-refractivity contribution >= 4 is 5.69 Å². The summed E-state index contributed by atoms with van der Waals surface area (Å²) in [6.45, 7) is 6.41. The van der Waals surface area contributed by atoms with E-state index in [1.54, 1.807) is 0 Å². The zero-order valence-electron chi connectivity index (χ0n) is 9.66. The van der Waals surface area contributed by atoms with E-state index in [0.29, 0.717) is 6.04 Å². The summed E-state index contributed by atoms with van der Waals surface area (Å²) in [6, 6.07) is 7.40. The predicted molar refractivity (Wildman–Crippen MR) is 65.4 cm³/mol. The molecule has 2 nitrogen and oxygen atoms in total. The maximum absolute atomic E-state index is 5.59. The number of rotatable bonds is 3. The van der Waals surface area contributed by atoms with Gasteiger partial charge in [0.05, 0.1) is 0 Å². The summed E-state index contributed by atoms with van der Waals surface area (Å²) < 4.78 is 0. The van der Waals surface area contributed by atoms with E-state index in [1.807, 2.05) is 0 Å². The van der Waals surface area contributed by atoms with Gasteiger partial charge < -0.3 is 10.6 Å². The Hall–Kier alpha value is -1.02. The maximum Gasteiger partial charge on any atom is 0.0404 e. The molecule has 0 bridgehead atoms. The highest BCUT2D eigenvalue weighted by atomic mass is 15.2. The average molecular weight is 204 g/mol. The molecule has 0 aromatic heterocycles. The van der Waals surface area contributed by atoms with E-state index < -0.39 is 0 Å². The highest BCUT2D eigenvalue weighted by molar-refractivity contribution is 5.60. The normalized spacial score (nSPS) is 14.8. The Bertz CT molecular complexity index is 344. The first-order valence-electron chi connectivity index (χ1n) is 5.81. The minimum Gasteiger partial charge on any atom is -0.369 e. The second-order valence-electron chi connectivity index (χ2n) is 4.54. The topological polar surface area (TPSA) is 29.3 Å². The second kappa shape index (κ2) is 4.23. The number of hydrogen-bond acceptors (Lipinski definition) is 2. The van der Waals surface area contributed by atoms with Crippen LogP contribution in [0.2, 0.25) is 0 Å². The van der Waals surface area contributed by atoms with Gasteiger partial charge in [0.15, 0.2) is 0 Å². The molecule has 15 heavy (non-hydrogen) atoms. The van der Waals surface area contributed by atoms with Crippen LogP contribution in [0.5, 0.6) is 0 Å². The van der Waals surface area contributed by atoms with E-state index in [0.717, 1.165) is 13.0 Å². The van der Waals surface area contributed by atoms with Gasteiger partial charge in [0, 0.05) is 18.3 Å². The molecule has 0 spiro atoms. The molecule has 2 rings (SSSR count). The molecule has 0 aliphatic carbocycles. The number of benzene rings is 1. The SMILES string of the molecule is CC(C)N1CCc2ccc(CCN)cc21. The van der Waals surface area contributed by atoms with Crippen LogP contribution in [0.1, 0.15) is 25.0 Å². The van der Waals surface area contributed by atoms with Crippen LogP contribution in [-0.4, -0.2) is 19.1 Å². The monoisotopic (exact) mass is 204 g/mol. The van der Waals surface area contributed by atoms with Crippen molar-refractivity contribution in [3.8, 4) is 0 Å². The van der Waals surface area contributed by atoms with Crippen LogP contribution in [0, 0.1) is 0 Å². The van der Waals surface area contributed by atoms with Gasteiger partial charge >= 0.3 is 0 Å². The first kappa shape index (κ1) is 10.5. The van der Waals surface area contributed by atoms with Gasteiger partial charge in [-0.2, -0.15) is 0 Å². The number of fused-ring (bicyclic) bond motifs is 1. The lowest BCUT2D eigenvalue weighted by molar-refractivity contribution is 0.710. The summed E-state index contributed by atoms with van der Waals surface area (Å²) in [5.74, 6) is 0. The molecule has 0 radical (unpaired) electrons. The largest absolute Gasteiger partial charge is 0.369 e. The first-order chi connectivity index (χ1) is 7.22. The van der Waals surface area contributed by atoms with Gasteiger partial charge in [-0.1, -0.05) is 12.1 Å². The fourth-order valence-corrected chi connectivity index (χ4v) is 2.31. The number of nitrogens with two attached hydrogens (primary N) is 1. The quantitative estimate of drug-likeness (QED) is 0.815. The molecule has 0 unspecified atom stereocenters. The number of hydrogen-bond donors (Lipinski definition) is 1.